The van der Waals surface area contributed by atoms with Crippen LogP contribution in [0.25, 0.3) is 0 Å². The Morgan fingerprint density at radius 3 is 2.59 bits per heavy atom. The summed E-state index contributed by atoms with van der Waals surface area (Å²) < 4.78 is 13.4. The lowest BCUT2D eigenvalue weighted by Crippen LogP contribution is -2.22. The van der Waals surface area contributed by atoms with Crippen LogP contribution in [0.1, 0.15) is 29.8 Å². The van der Waals surface area contributed by atoms with Gasteiger partial charge in [0.25, 0.3) is 0 Å². The Labute approximate surface area is 101 Å². The van der Waals surface area contributed by atoms with Crippen molar-refractivity contribution in [2.45, 2.75) is 20.4 Å². The first kappa shape index (κ1) is 13.6. The number of nitrogens with zero attached hydrogens (tertiary/aromatic N) is 1. The summed E-state index contributed by atoms with van der Waals surface area (Å²) in [7, 11) is 1.96. The summed E-state index contributed by atoms with van der Waals surface area (Å²) in [4.78, 5) is 12.7. The van der Waals surface area contributed by atoms with Crippen molar-refractivity contribution in [1.82, 2.24) is 4.90 Å². The van der Waals surface area contributed by atoms with E-state index < -0.39 is 11.8 Å². The van der Waals surface area contributed by atoms with Crippen molar-refractivity contribution in [3.05, 3.63) is 35.1 Å². The molecule has 1 N–H and O–H groups in total. The summed E-state index contributed by atoms with van der Waals surface area (Å²) in [5.41, 5.74) is 0.510. The van der Waals surface area contributed by atoms with Crippen molar-refractivity contribution in [1.29, 1.82) is 0 Å². The number of benzene rings is 1. The van der Waals surface area contributed by atoms with Crippen molar-refractivity contribution >= 4 is 5.97 Å². The minimum absolute atomic E-state index is 0.278. The average Bonchev–Trinajstić information content (AvgIpc) is 2.15. The Kier molecular flexibility index (Phi) is 4.63. The molecule has 0 fully saturated rings. The van der Waals surface area contributed by atoms with E-state index in [4.69, 9.17) is 5.11 Å². The summed E-state index contributed by atoms with van der Waals surface area (Å²) in [6.45, 7) is 5.77. The average molecular weight is 239 g/mol. The molecule has 0 aliphatic rings. The Bertz CT molecular complexity index is 404. The standard InChI is InChI=1S/C13H18FNO2/c1-9(2)7-15(3)8-10-4-5-11(13(16)17)12(14)6-10/h4-6,9H,7-8H2,1-3H3,(H,16,17). The Balaban J connectivity index is 2.74. The molecule has 0 aliphatic carbocycles. The fourth-order valence-corrected chi connectivity index (χ4v) is 1.83. The number of carboxylic acid groups (broad SMARTS) is 1. The SMILES string of the molecule is CC(C)CN(C)Cc1ccc(C(=O)O)c(F)c1. The van der Waals surface area contributed by atoms with Crippen molar-refractivity contribution in [3.8, 4) is 0 Å². The molecule has 0 atom stereocenters. The number of hydrogen-bond acceptors (Lipinski definition) is 2. The summed E-state index contributed by atoms with van der Waals surface area (Å²) in [6.07, 6.45) is 0. The molecule has 94 valence electrons. The molecule has 0 saturated carbocycles. The van der Waals surface area contributed by atoms with E-state index in [9.17, 15) is 9.18 Å². The second kappa shape index (κ2) is 5.77. The van der Waals surface area contributed by atoms with Crippen LogP contribution in [-0.2, 0) is 6.54 Å². The molecule has 1 aromatic carbocycles. The molecule has 0 aliphatic heterocycles. The quantitative estimate of drug-likeness (QED) is 0.858. The first-order valence-electron chi connectivity index (χ1n) is 5.60. The second-order valence-electron chi connectivity index (χ2n) is 4.71. The van der Waals surface area contributed by atoms with Gasteiger partial charge in [-0.2, -0.15) is 0 Å². The van der Waals surface area contributed by atoms with Crippen LogP contribution in [0, 0.1) is 11.7 Å². The highest BCUT2D eigenvalue weighted by Crippen LogP contribution is 2.12. The zero-order chi connectivity index (χ0) is 13.0. The number of rotatable bonds is 5. The summed E-state index contributed by atoms with van der Waals surface area (Å²) in [6, 6.07) is 4.26. The summed E-state index contributed by atoms with van der Waals surface area (Å²) >= 11 is 0. The number of carbonyl (C=O) groups is 1. The molecule has 0 saturated heterocycles. The molecule has 17 heavy (non-hydrogen) atoms. The summed E-state index contributed by atoms with van der Waals surface area (Å²) in [5.74, 6) is -1.36. The van der Waals surface area contributed by atoms with Crippen molar-refractivity contribution in [2.24, 2.45) is 5.92 Å². The highest BCUT2D eigenvalue weighted by atomic mass is 19.1. The van der Waals surface area contributed by atoms with Gasteiger partial charge in [0.05, 0.1) is 5.56 Å². The lowest BCUT2D eigenvalue weighted by atomic mass is 10.1. The van der Waals surface area contributed by atoms with Crippen LogP contribution in [0.3, 0.4) is 0 Å². The normalized spacial score (nSPS) is 11.2. The molecule has 0 bridgehead atoms. The monoisotopic (exact) mass is 239 g/mol. The van der Waals surface area contributed by atoms with E-state index in [2.05, 4.69) is 18.7 Å². The van der Waals surface area contributed by atoms with Crippen LogP contribution in [0.2, 0.25) is 0 Å². The Morgan fingerprint density at radius 1 is 1.47 bits per heavy atom. The van der Waals surface area contributed by atoms with E-state index in [-0.39, 0.29) is 5.56 Å². The minimum atomic E-state index is -1.23. The molecule has 4 heteroatoms. The third kappa shape index (κ3) is 4.15. The molecule has 0 heterocycles. The highest BCUT2D eigenvalue weighted by molar-refractivity contribution is 5.87. The van der Waals surface area contributed by atoms with Crippen LogP contribution in [-0.4, -0.2) is 29.6 Å². The lowest BCUT2D eigenvalue weighted by Gasteiger charge is -2.19. The minimum Gasteiger partial charge on any atom is -0.478 e. The third-order valence-electron chi connectivity index (χ3n) is 2.39. The van der Waals surface area contributed by atoms with Crippen molar-refractivity contribution in [3.63, 3.8) is 0 Å². The van der Waals surface area contributed by atoms with Gasteiger partial charge >= 0.3 is 5.97 Å². The van der Waals surface area contributed by atoms with Gasteiger partial charge < -0.3 is 10.0 Å². The molecule has 3 nitrogen and oxygen atoms in total. The van der Waals surface area contributed by atoms with Crippen LogP contribution < -0.4 is 0 Å². The van der Waals surface area contributed by atoms with Crippen LogP contribution in [0.4, 0.5) is 4.39 Å². The van der Waals surface area contributed by atoms with E-state index >= 15 is 0 Å². The van der Waals surface area contributed by atoms with E-state index in [1.165, 1.54) is 12.1 Å². The molecule has 0 unspecified atom stereocenters. The second-order valence-corrected chi connectivity index (χ2v) is 4.71. The van der Waals surface area contributed by atoms with Crippen LogP contribution in [0.15, 0.2) is 18.2 Å². The van der Waals surface area contributed by atoms with Gasteiger partial charge in [-0.15, -0.1) is 0 Å². The maximum Gasteiger partial charge on any atom is 0.338 e. The first-order chi connectivity index (χ1) is 7.90. The van der Waals surface area contributed by atoms with Gasteiger partial charge in [0.15, 0.2) is 0 Å². The van der Waals surface area contributed by atoms with Gasteiger partial charge in [0, 0.05) is 13.1 Å². The van der Waals surface area contributed by atoms with Gasteiger partial charge in [-0.25, -0.2) is 9.18 Å². The maximum atomic E-state index is 13.4. The predicted molar refractivity (Wildman–Crippen MR) is 64.5 cm³/mol. The van der Waals surface area contributed by atoms with E-state index in [0.717, 1.165) is 12.1 Å². The Hall–Kier alpha value is -1.42. The molecular formula is C13H18FNO2. The van der Waals surface area contributed by atoms with Gasteiger partial charge in [0.2, 0.25) is 0 Å². The zero-order valence-electron chi connectivity index (χ0n) is 10.4. The lowest BCUT2D eigenvalue weighted by molar-refractivity contribution is 0.0692. The smallest absolute Gasteiger partial charge is 0.338 e. The van der Waals surface area contributed by atoms with E-state index in [0.29, 0.717) is 12.5 Å². The predicted octanol–water partition coefficient (Wildman–Crippen LogP) is 2.61. The molecule has 0 aromatic heterocycles. The van der Waals surface area contributed by atoms with Crippen LogP contribution >= 0.6 is 0 Å². The Morgan fingerprint density at radius 2 is 2.12 bits per heavy atom. The number of aromatic carboxylic acids is 1. The number of hydrogen-bond donors (Lipinski definition) is 1. The number of carboxylic acids is 1. The molecule has 0 radical (unpaired) electrons. The highest BCUT2D eigenvalue weighted by Gasteiger charge is 2.11. The van der Waals surface area contributed by atoms with Crippen molar-refractivity contribution < 1.29 is 14.3 Å². The van der Waals surface area contributed by atoms with Crippen LogP contribution in [0.5, 0.6) is 0 Å². The fourth-order valence-electron chi connectivity index (χ4n) is 1.83. The van der Waals surface area contributed by atoms with Gasteiger partial charge in [0.1, 0.15) is 5.82 Å². The summed E-state index contributed by atoms with van der Waals surface area (Å²) in [5, 5.41) is 8.71. The topological polar surface area (TPSA) is 40.5 Å². The fraction of sp³-hybridized carbons (Fsp3) is 0.462. The zero-order valence-corrected chi connectivity index (χ0v) is 10.4. The first-order valence-corrected chi connectivity index (χ1v) is 5.60. The van der Waals surface area contributed by atoms with Gasteiger partial charge in [-0.1, -0.05) is 19.9 Å². The largest absolute Gasteiger partial charge is 0.478 e. The molecule has 1 aromatic rings. The van der Waals surface area contributed by atoms with Gasteiger partial charge in [-0.3, -0.25) is 0 Å². The van der Waals surface area contributed by atoms with Gasteiger partial charge in [-0.05, 0) is 30.7 Å². The third-order valence-corrected chi connectivity index (χ3v) is 2.39. The molecule has 1 rings (SSSR count). The number of halogens is 1. The molecular weight excluding hydrogens is 221 g/mol. The van der Waals surface area contributed by atoms with Crippen molar-refractivity contribution in [2.75, 3.05) is 13.6 Å². The van der Waals surface area contributed by atoms with E-state index in [1.807, 2.05) is 7.05 Å². The van der Waals surface area contributed by atoms with E-state index in [1.54, 1.807) is 6.07 Å². The molecule has 0 amide bonds. The maximum absolute atomic E-state index is 13.4. The molecule has 0 spiro atoms.